The fraction of sp³-hybridized carbons (Fsp3) is 0.240. The molecule has 0 saturated carbocycles. The number of aromatic nitrogens is 1. The maximum absolute atomic E-state index is 12.9. The lowest BCUT2D eigenvalue weighted by Gasteiger charge is -2.25. The van der Waals surface area contributed by atoms with Crippen LogP contribution in [0.4, 0.5) is 5.82 Å². The van der Waals surface area contributed by atoms with Crippen LogP contribution in [0.1, 0.15) is 29.7 Å². The molecule has 2 heterocycles. The molecule has 1 aliphatic rings. The van der Waals surface area contributed by atoms with Crippen LogP contribution in [0.5, 0.6) is 0 Å². The van der Waals surface area contributed by atoms with E-state index in [2.05, 4.69) is 34.6 Å². The third-order valence-corrected chi connectivity index (χ3v) is 5.72. The van der Waals surface area contributed by atoms with Crippen molar-refractivity contribution in [2.75, 3.05) is 26.0 Å². The summed E-state index contributed by atoms with van der Waals surface area (Å²) in [6, 6.07) is 16.3. The van der Waals surface area contributed by atoms with Crippen molar-refractivity contribution in [3.8, 4) is 0 Å². The predicted molar refractivity (Wildman–Crippen MR) is 123 cm³/mol. The van der Waals surface area contributed by atoms with E-state index in [0.29, 0.717) is 18.9 Å². The maximum atomic E-state index is 12.9. The van der Waals surface area contributed by atoms with Gasteiger partial charge in [0, 0.05) is 31.4 Å². The van der Waals surface area contributed by atoms with Gasteiger partial charge in [-0.25, -0.2) is 4.98 Å². The number of hydrogen-bond donors (Lipinski definition) is 1. The molecule has 0 spiro atoms. The van der Waals surface area contributed by atoms with Gasteiger partial charge in [0.1, 0.15) is 5.82 Å². The fourth-order valence-electron chi connectivity index (χ4n) is 3.92. The first kappa shape index (κ1) is 20.8. The van der Waals surface area contributed by atoms with Gasteiger partial charge in [-0.1, -0.05) is 42.5 Å². The van der Waals surface area contributed by atoms with Gasteiger partial charge in [-0.05, 0) is 48.0 Å². The molecule has 0 radical (unpaired) electrons. The molecular weight excluding hydrogens is 388 g/mol. The quantitative estimate of drug-likeness (QED) is 0.659. The van der Waals surface area contributed by atoms with Crippen LogP contribution in [-0.4, -0.2) is 47.2 Å². The van der Waals surface area contributed by atoms with Gasteiger partial charge in [0.05, 0.1) is 12.6 Å². The normalized spacial score (nSPS) is 15.4. The van der Waals surface area contributed by atoms with Gasteiger partial charge in [0.2, 0.25) is 11.8 Å². The van der Waals surface area contributed by atoms with Crippen LogP contribution >= 0.6 is 0 Å². The van der Waals surface area contributed by atoms with Crippen molar-refractivity contribution in [1.29, 1.82) is 0 Å². The number of fused-ring (bicyclic) bond motifs is 2. The summed E-state index contributed by atoms with van der Waals surface area (Å²) in [7, 11) is 3.71. The molecule has 31 heavy (non-hydrogen) atoms. The van der Waals surface area contributed by atoms with E-state index >= 15 is 0 Å². The number of benzene rings is 2. The second-order valence-electron chi connectivity index (χ2n) is 8.02. The lowest BCUT2D eigenvalue weighted by molar-refractivity contribution is -0.126. The molecule has 6 heteroatoms. The monoisotopic (exact) mass is 414 g/mol. The minimum absolute atomic E-state index is 0.0720. The van der Waals surface area contributed by atoms with Crippen molar-refractivity contribution in [3.05, 3.63) is 77.5 Å². The van der Waals surface area contributed by atoms with Crippen molar-refractivity contribution in [1.82, 2.24) is 14.8 Å². The zero-order chi connectivity index (χ0) is 22.0. The van der Waals surface area contributed by atoms with Crippen LogP contribution in [-0.2, 0) is 16.1 Å². The summed E-state index contributed by atoms with van der Waals surface area (Å²) in [6.07, 6.45) is 5.01. The van der Waals surface area contributed by atoms with Crippen molar-refractivity contribution in [2.45, 2.75) is 19.5 Å². The summed E-state index contributed by atoms with van der Waals surface area (Å²) in [5.41, 5.74) is 2.87. The van der Waals surface area contributed by atoms with Crippen LogP contribution in [0.25, 0.3) is 16.8 Å². The summed E-state index contributed by atoms with van der Waals surface area (Å²) in [4.78, 5) is 32.7. The van der Waals surface area contributed by atoms with Gasteiger partial charge in [-0.2, -0.15) is 0 Å². The number of anilines is 1. The van der Waals surface area contributed by atoms with E-state index < -0.39 is 0 Å². The number of amides is 2. The van der Waals surface area contributed by atoms with Crippen LogP contribution in [0.2, 0.25) is 0 Å². The SMILES string of the molecule is C[C@H](c1cccc2ccccc12)N(C)C(=O)C=Cc1cnc2c(c1)CN(C)CC(=O)N2. The van der Waals surface area contributed by atoms with E-state index in [1.54, 1.807) is 23.2 Å². The van der Waals surface area contributed by atoms with Gasteiger partial charge < -0.3 is 10.2 Å². The molecule has 3 aromatic rings. The number of likely N-dealkylation sites (N-methyl/N-ethyl adjacent to an activating group) is 2. The molecule has 1 atom stereocenters. The van der Waals surface area contributed by atoms with Gasteiger partial charge in [-0.3, -0.25) is 14.5 Å². The molecular formula is C25H26N4O2. The van der Waals surface area contributed by atoms with Gasteiger partial charge >= 0.3 is 0 Å². The van der Waals surface area contributed by atoms with Crippen LogP contribution in [0.3, 0.4) is 0 Å². The van der Waals surface area contributed by atoms with E-state index in [4.69, 9.17) is 0 Å². The number of nitrogens with one attached hydrogen (secondary N) is 1. The van der Waals surface area contributed by atoms with Crippen LogP contribution in [0.15, 0.2) is 60.8 Å². The lowest BCUT2D eigenvalue weighted by atomic mass is 9.99. The Balaban J connectivity index is 1.52. The number of pyridine rings is 1. The molecule has 0 saturated heterocycles. The largest absolute Gasteiger partial charge is 0.335 e. The molecule has 2 amide bonds. The average Bonchev–Trinajstić information content (AvgIpc) is 2.91. The van der Waals surface area contributed by atoms with Crippen molar-refractivity contribution < 1.29 is 9.59 Å². The third-order valence-electron chi connectivity index (χ3n) is 5.72. The highest BCUT2D eigenvalue weighted by molar-refractivity contribution is 5.94. The molecule has 2 aromatic carbocycles. The minimum Gasteiger partial charge on any atom is -0.335 e. The van der Waals surface area contributed by atoms with Crippen molar-refractivity contribution >= 4 is 34.5 Å². The number of carbonyl (C=O) groups excluding carboxylic acids is 2. The van der Waals surface area contributed by atoms with Gasteiger partial charge in [0.25, 0.3) is 0 Å². The van der Waals surface area contributed by atoms with E-state index in [9.17, 15) is 9.59 Å². The third kappa shape index (κ3) is 4.49. The summed E-state index contributed by atoms with van der Waals surface area (Å²) >= 11 is 0. The van der Waals surface area contributed by atoms with E-state index in [0.717, 1.165) is 27.5 Å². The standard InChI is InChI=1S/C25H26N4O2/c1-17(21-10-6-8-19-7-4-5-9-22(19)21)29(3)24(31)12-11-18-13-20-15-28(2)16-23(30)27-25(20)26-14-18/h4-14,17H,15-16H2,1-3H3,(H,26,27,30)/t17-/m1/s1. The highest BCUT2D eigenvalue weighted by Crippen LogP contribution is 2.27. The van der Waals surface area contributed by atoms with Crippen molar-refractivity contribution in [3.63, 3.8) is 0 Å². The first-order valence-electron chi connectivity index (χ1n) is 10.3. The molecule has 1 N–H and O–H groups in total. The highest BCUT2D eigenvalue weighted by Gasteiger charge is 2.19. The first-order chi connectivity index (χ1) is 14.9. The summed E-state index contributed by atoms with van der Waals surface area (Å²) < 4.78 is 0. The molecule has 1 aromatic heterocycles. The molecule has 0 aliphatic carbocycles. The molecule has 0 fully saturated rings. The number of rotatable bonds is 4. The smallest absolute Gasteiger partial charge is 0.246 e. The molecule has 6 nitrogen and oxygen atoms in total. The Kier molecular flexibility index (Phi) is 5.82. The van der Waals surface area contributed by atoms with E-state index in [1.165, 1.54) is 0 Å². The van der Waals surface area contributed by atoms with Crippen LogP contribution in [0, 0.1) is 0 Å². The maximum Gasteiger partial charge on any atom is 0.246 e. The Morgan fingerprint density at radius 3 is 2.81 bits per heavy atom. The van der Waals surface area contributed by atoms with Gasteiger partial charge in [0.15, 0.2) is 0 Å². The predicted octanol–water partition coefficient (Wildman–Crippen LogP) is 3.85. The number of nitrogens with zero attached hydrogens (tertiary/aromatic N) is 3. The zero-order valence-corrected chi connectivity index (χ0v) is 18.0. The molecule has 0 bridgehead atoms. The van der Waals surface area contributed by atoms with Crippen LogP contribution < -0.4 is 5.32 Å². The summed E-state index contributed by atoms with van der Waals surface area (Å²) in [6.45, 7) is 2.99. The Bertz CT molecular complexity index is 1170. The molecule has 0 unspecified atom stereocenters. The highest BCUT2D eigenvalue weighted by atomic mass is 16.2. The zero-order valence-electron chi connectivity index (χ0n) is 18.0. The fourth-order valence-corrected chi connectivity index (χ4v) is 3.92. The molecule has 158 valence electrons. The molecule has 4 rings (SSSR count). The van der Waals surface area contributed by atoms with E-state index in [-0.39, 0.29) is 17.9 Å². The lowest BCUT2D eigenvalue weighted by Crippen LogP contribution is -2.28. The number of carbonyl (C=O) groups is 2. The second-order valence-corrected chi connectivity index (χ2v) is 8.02. The Morgan fingerprint density at radius 2 is 1.97 bits per heavy atom. The second kappa shape index (κ2) is 8.70. The Labute approximate surface area is 182 Å². The Morgan fingerprint density at radius 1 is 1.19 bits per heavy atom. The topological polar surface area (TPSA) is 65.5 Å². The van der Waals surface area contributed by atoms with Crippen molar-refractivity contribution in [2.24, 2.45) is 0 Å². The number of hydrogen-bond acceptors (Lipinski definition) is 4. The van der Waals surface area contributed by atoms with Gasteiger partial charge in [-0.15, -0.1) is 0 Å². The molecule has 1 aliphatic heterocycles. The van der Waals surface area contributed by atoms with E-state index in [1.807, 2.05) is 50.2 Å². The minimum atomic E-state index is -0.0826. The summed E-state index contributed by atoms with van der Waals surface area (Å²) in [5, 5.41) is 5.14. The Hall–Kier alpha value is -3.51. The average molecular weight is 415 g/mol. The summed E-state index contributed by atoms with van der Waals surface area (Å²) in [5.74, 6) is 0.427. The first-order valence-corrected chi connectivity index (χ1v) is 10.3.